The van der Waals surface area contributed by atoms with Crippen LogP contribution in [0.2, 0.25) is 0 Å². The molecule has 0 spiro atoms. The van der Waals surface area contributed by atoms with E-state index in [4.69, 9.17) is 5.11 Å². The van der Waals surface area contributed by atoms with E-state index >= 15 is 0 Å². The standard InChI is InChI=1S/C23H45O2/c1-3-5-6-7-8-9-10-11-12-13-14-15-16-17-18-19-20-21-22(4-2)23(24)25/h21-22H,3-20H2,1-2H3,(H,24,25). The van der Waals surface area contributed by atoms with E-state index in [2.05, 4.69) is 6.92 Å². The topological polar surface area (TPSA) is 37.3 Å². The van der Waals surface area contributed by atoms with Crippen molar-refractivity contribution in [1.29, 1.82) is 0 Å². The van der Waals surface area contributed by atoms with Crippen LogP contribution in [0, 0.1) is 12.3 Å². The van der Waals surface area contributed by atoms with E-state index < -0.39 is 5.97 Å². The minimum absolute atomic E-state index is 0.239. The SMILES string of the molecule is CCCCCCCCCCCCCCCCCC[CH]C(CC)C(=O)O. The van der Waals surface area contributed by atoms with Crippen LogP contribution in [0.4, 0.5) is 0 Å². The molecule has 0 aromatic heterocycles. The fourth-order valence-electron chi connectivity index (χ4n) is 3.45. The first-order chi connectivity index (χ1) is 12.2. The van der Waals surface area contributed by atoms with Crippen LogP contribution in [-0.4, -0.2) is 11.1 Å². The molecule has 0 fully saturated rings. The second-order valence-electron chi connectivity index (χ2n) is 7.68. The molecule has 25 heavy (non-hydrogen) atoms. The van der Waals surface area contributed by atoms with E-state index in [0.29, 0.717) is 6.42 Å². The smallest absolute Gasteiger partial charge is 0.306 e. The Morgan fingerprint density at radius 1 is 0.680 bits per heavy atom. The van der Waals surface area contributed by atoms with Crippen LogP contribution in [0.1, 0.15) is 129 Å². The fraction of sp³-hybridized carbons (Fsp3) is 0.913. The van der Waals surface area contributed by atoms with Crippen molar-refractivity contribution in [2.75, 3.05) is 0 Å². The van der Waals surface area contributed by atoms with Crippen molar-refractivity contribution in [3.63, 3.8) is 0 Å². The van der Waals surface area contributed by atoms with Gasteiger partial charge in [0.2, 0.25) is 0 Å². The second-order valence-corrected chi connectivity index (χ2v) is 7.68. The molecule has 1 radical (unpaired) electrons. The predicted molar refractivity (Wildman–Crippen MR) is 110 cm³/mol. The normalized spacial score (nSPS) is 12.4. The summed E-state index contributed by atoms with van der Waals surface area (Å²) in [5, 5.41) is 8.98. The van der Waals surface area contributed by atoms with Gasteiger partial charge in [-0.1, -0.05) is 117 Å². The molecule has 1 N–H and O–H groups in total. The summed E-state index contributed by atoms with van der Waals surface area (Å²) < 4.78 is 0. The maximum absolute atomic E-state index is 10.9. The summed E-state index contributed by atoms with van der Waals surface area (Å²) >= 11 is 0. The number of hydrogen-bond donors (Lipinski definition) is 1. The van der Waals surface area contributed by atoms with Crippen molar-refractivity contribution >= 4 is 5.97 Å². The molecule has 0 bridgehead atoms. The molecular weight excluding hydrogens is 308 g/mol. The van der Waals surface area contributed by atoms with Gasteiger partial charge in [-0.25, -0.2) is 0 Å². The Labute approximate surface area is 158 Å². The van der Waals surface area contributed by atoms with Gasteiger partial charge in [0.15, 0.2) is 0 Å². The quantitative estimate of drug-likeness (QED) is 0.225. The Hall–Kier alpha value is -0.530. The monoisotopic (exact) mass is 353 g/mol. The molecule has 2 heteroatoms. The van der Waals surface area contributed by atoms with Crippen molar-refractivity contribution in [2.45, 2.75) is 129 Å². The molecule has 0 rings (SSSR count). The van der Waals surface area contributed by atoms with Crippen molar-refractivity contribution in [2.24, 2.45) is 5.92 Å². The van der Waals surface area contributed by atoms with E-state index in [9.17, 15) is 4.79 Å². The Bertz CT molecular complexity index is 275. The zero-order valence-corrected chi connectivity index (χ0v) is 17.2. The van der Waals surface area contributed by atoms with Gasteiger partial charge in [0.25, 0.3) is 0 Å². The average molecular weight is 354 g/mol. The van der Waals surface area contributed by atoms with Crippen molar-refractivity contribution in [3.8, 4) is 0 Å². The summed E-state index contributed by atoms with van der Waals surface area (Å²) in [7, 11) is 0. The van der Waals surface area contributed by atoms with E-state index in [1.165, 1.54) is 96.3 Å². The first-order valence-corrected chi connectivity index (χ1v) is 11.3. The van der Waals surface area contributed by atoms with Gasteiger partial charge in [0, 0.05) is 0 Å². The molecule has 1 atom stereocenters. The Morgan fingerprint density at radius 2 is 1.04 bits per heavy atom. The summed E-state index contributed by atoms with van der Waals surface area (Å²) in [4.78, 5) is 10.9. The molecule has 0 aromatic rings. The van der Waals surface area contributed by atoms with Gasteiger partial charge in [-0.2, -0.15) is 0 Å². The van der Waals surface area contributed by atoms with Crippen LogP contribution in [0.5, 0.6) is 0 Å². The molecule has 0 saturated heterocycles. The first kappa shape index (κ1) is 24.5. The van der Waals surface area contributed by atoms with Gasteiger partial charge in [0.05, 0.1) is 5.92 Å². The van der Waals surface area contributed by atoms with E-state index in [1.807, 2.05) is 13.3 Å². The molecule has 0 aromatic carbocycles. The van der Waals surface area contributed by atoms with Crippen LogP contribution in [0.3, 0.4) is 0 Å². The molecule has 1 unspecified atom stereocenters. The number of hydrogen-bond acceptors (Lipinski definition) is 1. The van der Waals surface area contributed by atoms with Gasteiger partial charge in [-0.15, -0.1) is 0 Å². The zero-order chi connectivity index (χ0) is 18.6. The summed E-state index contributed by atoms with van der Waals surface area (Å²) in [6.07, 6.45) is 25.8. The molecule has 149 valence electrons. The molecular formula is C23H45O2. The van der Waals surface area contributed by atoms with Crippen LogP contribution < -0.4 is 0 Å². The Morgan fingerprint density at radius 3 is 1.36 bits per heavy atom. The molecule has 0 aliphatic carbocycles. The highest BCUT2D eigenvalue weighted by Gasteiger charge is 2.13. The second kappa shape index (κ2) is 19.8. The van der Waals surface area contributed by atoms with Gasteiger partial charge in [-0.3, -0.25) is 4.79 Å². The lowest BCUT2D eigenvalue weighted by Gasteiger charge is -2.08. The minimum Gasteiger partial charge on any atom is -0.481 e. The maximum atomic E-state index is 10.9. The van der Waals surface area contributed by atoms with Gasteiger partial charge >= 0.3 is 5.97 Å². The third kappa shape index (κ3) is 18.1. The summed E-state index contributed by atoms with van der Waals surface area (Å²) in [6.45, 7) is 4.23. The third-order valence-electron chi connectivity index (χ3n) is 5.27. The first-order valence-electron chi connectivity index (χ1n) is 11.3. The highest BCUT2D eigenvalue weighted by molar-refractivity contribution is 5.71. The number of carboxylic acid groups (broad SMARTS) is 1. The highest BCUT2D eigenvalue weighted by atomic mass is 16.4. The molecule has 0 aliphatic rings. The van der Waals surface area contributed by atoms with Gasteiger partial charge in [0.1, 0.15) is 0 Å². The minimum atomic E-state index is -0.668. The lowest BCUT2D eigenvalue weighted by atomic mass is 9.98. The summed E-state index contributed by atoms with van der Waals surface area (Å²) in [6, 6.07) is 0. The number of unbranched alkanes of at least 4 members (excludes halogenated alkanes) is 16. The molecule has 0 aliphatic heterocycles. The van der Waals surface area contributed by atoms with E-state index in [1.54, 1.807) is 0 Å². The zero-order valence-electron chi connectivity index (χ0n) is 17.2. The highest BCUT2D eigenvalue weighted by Crippen LogP contribution is 2.16. The summed E-state index contributed by atoms with van der Waals surface area (Å²) in [5.41, 5.74) is 0. The maximum Gasteiger partial charge on any atom is 0.306 e. The number of rotatable bonds is 20. The fourth-order valence-corrected chi connectivity index (χ4v) is 3.45. The Balaban J connectivity index is 3.11. The number of aliphatic carboxylic acids is 1. The van der Waals surface area contributed by atoms with Crippen molar-refractivity contribution < 1.29 is 9.90 Å². The number of carboxylic acids is 1. The third-order valence-corrected chi connectivity index (χ3v) is 5.27. The molecule has 0 heterocycles. The lowest BCUT2D eigenvalue weighted by molar-refractivity contribution is -0.140. The average Bonchev–Trinajstić information content (AvgIpc) is 2.60. The molecule has 0 saturated carbocycles. The van der Waals surface area contributed by atoms with Crippen LogP contribution >= 0.6 is 0 Å². The van der Waals surface area contributed by atoms with Crippen molar-refractivity contribution in [3.05, 3.63) is 6.42 Å². The number of carbonyl (C=O) groups is 1. The van der Waals surface area contributed by atoms with Gasteiger partial charge < -0.3 is 5.11 Å². The Kier molecular flexibility index (Phi) is 19.4. The molecule has 2 nitrogen and oxygen atoms in total. The summed E-state index contributed by atoms with van der Waals surface area (Å²) in [5.74, 6) is -0.907. The van der Waals surface area contributed by atoms with Crippen LogP contribution in [-0.2, 0) is 4.79 Å². The van der Waals surface area contributed by atoms with E-state index in [0.717, 1.165) is 12.8 Å². The largest absolute Gasteiger partial charge is 0.481 e. The van der Waals surface area contributed by atoms with Gasteiger partial charge in [-0.05, 0) is 19.3 Å². The molecule has 0 amide bonds. The predicted octanol–water partition coefficient (Wildman–Crippen LogP) is 7.95. The van der Waals surface area contributed by atoms with Crippen LogP contribution in [0.15, 0.2) is 0 Å². The van der Waals surface area contributed by atoms with Crippen molar-refractivity contribution in [1.82, 2.24) is 0 Å². The lowest BCUT2D eigenvalue weighted by Crippen LogP contribution is -2.12. The van der Waals surface area contributed by atoms with Crippen LogP contribution in [0.25, 0.3) is 0 Å². The van der Waals surface area contributed by atoms with E-state index in [-0.39, 0.29) is 5.92 Å².